The van der Waals surface area contributed by atoms with Gasteiger partial charge in [-0.1, -0.05) is 11.6 Å². The van der Waals surface area contributed by atoms with Gasteiger partial charge in [0.05, 0.1) is 0 Å². The topological polar surface area (TPSA) is 40.0 Å². The molecule has 1 saturated heterocycles. The Morgan fingerprint density at radius 3 is 3.30 bits per heavy atom. The Kier molecular flexibility index (Phi) is 1.55. The SMILES string of the molecule is C1CCC2N=NNN2CC1. The normalized spacial score (nSPS) is 33.0. The van der Waals surface area contributed by atoms with Crippen LogP contribution in [0.25, 0.3) is 0 Å². The summed E-state index contributed by atoms with van der Waals surface area (Å²) in [5.41, 5.74) is 2.89. The highest BCUT2D eigenvalue weighted by Crippen LogP contribution is 2.18. The van der Waals surface area contributed by atoms with Crippen molar-refractivity contribution >= 4 is 0 Å². The molecular weight excluding hydrogens is 128 g/mol. The molecule has 0 aromatic heterocycles. The van der Waals surface area contributed by atoms with Crippen molar-refractivity contribution in [1.82, 2.24) is 10.5 Å². The van der Waals surface area contributed by atoms with Crippen LogP contribution in [0, 0.1) is 0 Å². The molecule has 0 spiro atoms. The second-order valence-electron chi connectivity index (χ2n) is 2.84. The van der Waals surface area contributed by atoms with Gasteiger partial charge < -0.3 is 0 Å². The van der Waals surface area contributed by atoms with E-state index in [0.717, 1.165) is 13.0 Å². The van der Waals surface area contributed by atoms with E-state index in [0.29, 0.717) is 6.17 Å². The molecule has 4 nitrogen and oxygen atoms in total. The number of hydrogen-bond donors (Lipinski definition) is 1. The van der Waals surface area contributed by atoms with Crippen LogP contribution in [0.2, 0.25) is 0 Å². The molecule has 1 unspecified atom stereocenters. The zero-order valence-corrected chi connectivity index (χ0v) is 5.95. The molecule has 2 heterocycles. The summed E-state index contributed by atoms with van der Waals surface area (Å²) in [6, 6.07) is 0. The minimum atomic E-state index is 0.336. The summed E-state index contributed by atoms with van der Waals surface area (Å²) in [6.45, 7) is 1.09. The Morgan fingerprint density at radius 1 is 1.30 bits per heavy atom. The van der Waals surface area contributed by atoms with Crippen molar-refractivity contribution in [1.29, 1.82) is 0 Å². The number of fused-ring (bicyclic) bond motifs is 1. The molecule has 0 aromatic carbocycles. The Labute approximate surface area is 60.2 Å². The standard InChI is InChI=1S/C6H12N4/c1-2-4-6-7-8-9-10(6)5-3-1/h6H,1-5H2,(H,7,9). The molecule has 0 radical (unpaired) electrons. The fourth-order valence-corrected chi connectivity index (χ4v) is 1.48. The van der Waals surface area contributed by atoms with Crippen molar-refractivity contribution in [3.63, 3.8) is 0 Å². The summed E-state index contributed by atoms with van der Waals surface area (Å²) in [5.74, 6) is 0. The van der Waals surface area contributed by atoms with Crippen LogP contribution in [0.1, 0.15) is 25.7 Å². The molecule has 10 heavy (non-hydrogen) atoms. The van der Waals surface area contributed by atoms with E-state index < -0.39 is 0 Å². The lowest BCUT2D eigenvalue weighted by atomic mass is 10.2. The highest BCUT2D eigenvalue weighted by Gasteiger charge is 2.23. The van der Waals surface area contributed by atoms with E-state index >= 15 is 0 Å². The van der Waals surface area contributed by atoms with Crippen LogP contribution >= 0.6 is 0 Å². The fourth-order valence-electron chi connectivity index (χ4n) is 1.48. The van der Waals surface area contributed by atoms with E-state index in [9.17, 15) is 0 Å². The first-order valence-electron chi connectivity index (χ1n) is 3.89. The monoisotopic (exact) mass is 140 g/mol. The van der Waals surface area contributed by atoms with Gasteiger partial charge in [-0.25, -0.2) is 5.53 Å². The molecule has 2 rings (SSSR count). The summed E-state index contributed by atoms with van der Waals surface area (Å²) < 4.78 is 0. The summed E-state index contributed by atoms with van der Waals surface area (Å²) in [4.78, 5) is 0. The highest BCUT2D eigenvalue weighted by molar-refractivity contribution is 4.70. The number of nitrogens with one attached hydrogen (secondary N) is 1. The van der Waals surface area contributed by atoms with Crippen LogP contribution in [0.4, 0.5) is 0 Å². The van der Waals surface area contributed by atoms with E-state index in [1.807, 2.05) is 0 Å². The van der Waals surface area contributed by atoms with Crippen LogP contribution < -0.4 is 5.53 Å². The maximum absolute atomic E-state index is 4.06. The molecule has 1 N–H and O–H groups in total. The van der Waals surface area contributed by atoms with Crippen molar-refractivity contribution in [2.45, 2.75) is 31.8 Å². The second kappa shape index (κ2) is 2.54. The Hall–Kier alpha value is -0.640. The van der Waals surface area contributed by atoms with Crippen molar-refractivity contribution in [3.8, 4) is 0 Å². The molecule has 1 atom stereocenters. The zero-order valence-electron chi connectivity index (χ0n) is 5.95. The molecule has 0 bridgehead atoms. The molecule has 0 aromatic rings. The molecule has 2 aliphatic heterocycles. The van der Waals surface area contributed by atoms with Gasteiger partial charge in [-0.15, -0.1) is 5.11 Å². The smallest absolute Gasteiger partial charge is 0.143 e. The minimum absolute atomic E-state index is 0.336. The number of nitrogens with zero attached hydrogens (tertiary/aromatic N) is 3. The first-order valence-corrected chi connectivity index (χ1v) is 3.89. The maximum atomic E-state index is 4.06. The van der Waals surface area contributed by atoms with Gasteiger partial charge in [0, 0.05) is 6.54 Å². The first kappa shape index (κ1) is 6.09. The third-order valence-electron chi connectivity index (χ3n) is 2.09. The van der Waals surface area contributed by atoms with Crippen LogP contribution in [-0.2, 0) is 0 Å². The highest BCUT2D eigenvalue weighted by atomic mass is 15.8. The first-order chi connectivity index (χ1) is 4.97. The predicted molar refractivity (Wildman–Crippen MR) is 37.0 cm³/mol. The molecule has 0 amide bonds. The molecule has 0 aliphatic carbocycles. The number of rotatable bonds is 0. The molecular formula is C6H12N4. The minimum Gasteiger partial charge on any atom is -0.220 e. The lowest BCUT2D eigenvalue weighted by Gasteiger charge is -2.16. The van der Waals surface area contributed by atoms with Gasteiger partial charge in [-0.05, 0) is 19.3 Å². The Morgan fingerprint density at radius 2 is 2.30 bits per heavy atom. The largest absolute Gasteiger partial charge is 0.220 e. The van der Waals surface area contributed by atoms with E-state index in [1.165, 1.54) is 19.3 Å². The maximum Gasteiger partial charge on any atom is 0.143 e. The summed E-state index contributed by atoms with van der Waals surface area (Å²) in [5, 5.41) is 9.95. The second-order valence-corrected chi connectivity index (χ2v) is 2.84. The quantitative estimate of drug-likeness (QED) is 0.546. The van der Waals surface area contributed by atoms with Gasteiger partial charge in [0.25, 0.3) is 0 Å². The van der Waals surface area contributed by atoms with E-state index in [1.54, 1.807) is 0 Å². The van der Waals surface area contributed by atoms with E-state index in [4.69, 9.17) is 0 Å². The van der Waals surface area contributed by atoms with Gasteiger partial charge in [0.1, 0.15) is 6.17 Å². The summed E-state index contributed by atoms with van der Waals surface area (Å²) >= 11 is 0. The van der Waals surface area contributed by atoms with Crippen LogP contribution in [0.15, 0.2) is 10.3 Å². The van der Waals surface area contributed by atoms with E-state index in [2.05, 4.69) is 20.9 Å². The van der Waals surface area contributed by atoms with Gasteiger partial charge in [-0.3, -0.25) is 0 Å². The fraction of sp³-hybridized carbons (Fsp3) is 1.00. The Bertz CT molecular complexity index is 145. The van der Waals surface area contributed by atoms with Gasteiger partial charge >= 0.3 is 0 Å². The van der Waals surface area contributed by atoms with Crippen LogP contribution in [0.3, 0.4) is 0 Å². The van der Waals surface area contributed by atoms with Crippen molar-refractivity contribution < 1.29 is 0 Å². The lowest BCUT2D eigenvalue weighted by molar-refractivity contribution is 0.177. The summed E-state index contributed by atoms with van der Waals surface area (Å²) in [6.07, 6.45) is 5.40. The van der Waals surface area contributed by atoms with Crippen molar-refractivity contribution in [2.24, 2.45) is 10.3 Å². The van der Waals surface area contributed by atoms with Crippen molar-refractivity contribution in [2.75, 3.05) is 6.54 Å². The third kappa shape index (κ3) is 0.988. The van der Waals surface area contributed by atoms with Gasteiger partial charge in [0.2, 0.25) is 0 Å². The Balaban J connectivity index is 2.00. The summed E-state index contributed by atoms with van der Waals surface area (Å²) in [7, 11) is 0. The molecule has 1 fully saturated rings. The van der Waals surface area contributed by atoms with Crippen molar-refractivity contribution in [3.05, 3.63) is 0 Å². The zero-order chi connectivity index (χ0) is 6.81. The third-order valence-corrected chi connectivity index (χ3v) is 2.09. The van der Waals surface area contributed by atoms with Crippen LogP contribution in [0.5, 0.6) is 0 Å². The average molecular weight is 140 g/mol. The van der Waals surface area contributed by atoms with Crippen LogP contribution in [-0.4, -0.2) is 17.7 Å². The molecule has 2 aliphatic rings. The number of hydrogen-bond acceptors (Lipinski definition) is 4. The predicted octanol–water partition coefficient (Wildman–Crippen LogP) is 1.07. The van der Waals surface area contributed by atoms with Gasteiger partial charge in [0.15, 0.2) is 0 Å². The molecule has 4 heteroatoms. The average Bonchev–Trinajstić information content (AvgIpc) is 2.28. The lowest BCUT2D eigenvalue weighted by Crippen LogP contribution is -2.36. The van der Waals surface area contributed by atoms with Gasteiger partial charge in [-0.2, -0.15) is 5.01 Å². The number of hydrazine groups is 1. The molecule has 0 saturated carbocycles. The van der Waals surface area contributed by atoms with E-state index in [-0.39, 0.29) is 0 Å². The molecule has 56 valence electrons.